The van der Waals surface area contributed by atoms with Gasteiger partial charge in [-0.1, -0.05) is 59.1 Å². The summed E-state index contributed by atoms with van der Waals surface area (Å²) < 4.78 is 5.31. The van der Waals surface area contributed by atoms with E-state index in [0.29, 0.717) is 27.9 Å². The van der Waals surface area contributed by atoms with Gasteiger partial charge < -0.3 is 4.74 Å². The van der Waals surface area contributed by atoms with Crippen molar-refractivity contribution >= 4 is 45.7 Å². The lowest BCUT2D eigenvalue weighted by molar-refractivity contribution is 0.0711. The Morgan fingerprint density at radius 3 is 2.62 bits per heavy atom. The molecule has 34 heavy (non-hydrogen) atoms. The summed E-state index contributed by atoms with van der Waals surface area (Å²) in [4.78, 5) is 18.2. The number of aromatic nitrogens is 1. The predicted molar refractivity (Wildman–Crippen MR) is 136 cm³/mol. The minimum Gasteiger partial charge on any atom is -0.497 e. The van der Waals surface area contributed by atoms with Gasteiger partial charge in [-0.05, 0) is 48.9 Å². The minimum absolute atomic E-state index is 0.249. The number of methoxy groups -OCH3 is 1. The van der Waals surface area contributed by atoms with Gasteiger partial charge in [-0.15, -0.1) is 0 Å². The Bertz CT molecular complexity index is 1450. The third-order valence-electron chi connectivity index (χ3n) is 5.91. The fourth-order valence-corrected chi connectivity index (χ4v) is 4.65. The zero-order valence-electron chi connectivity index (χ0n) is 18.6. The van der Waals surface area contributed by atoms with E-state index in [2.05, 4.69) is 11.1 Å². The molecule has 0 spiro atoms. The van der Waals surface area contributed by atoms with Crippen LogP contribution < -0.4 is 4.74 Å². The Hall–Kier alpha value is -3.41. The number of aryl methyl sites for hydroxylation is 1. The van der Waals surface area contributed by atoms with Gasteiger partial charge in [0.15, 0.2) is 0 Å². The number of amides is 1. The molecule has 1 aliphatic heterocycles. The van der Waals surface area contributed by atoms with Crippen LogP contribution in [0.1, 0.15) is 39.5 Å². The molecule has 0 aliphatic carbocycles. The van der Waals surface area contributed by atoms with Crippen molar-refractivity contribution in [2.75, 3.05) is 7.11 Å². The van der Waals surface area contributed by atoms with Crippen molar-refractivity contribution in [1.82, 2.24) is 9.99 Å². The van der Waals surface area contributed by atoms with Crippen LogP contribution in [0.3, 0.4) is 0 Å². The van der Waals surface area contributed by atoms with Crippen molar-refractivity contribution in [3.8, 4) is 5.75 Å². The largest absolute Gasteiger partial charge is 0.497 e. The molecular weight excluding hydrogens is 469 g/mol. The highest BCUT2D eigenvalue weighted by molar-refractivity contribution is 6.31. The van der Waals surface area contributed by atoms with Crippen LogP contribution in [0.15, 0.2) is 77.9 Å². The lowest BCUT2D eigenvalue weighted by Crippen LogP contribution is -2.27. The normalized spacial score (nSPS) is 15.5. The highest BCUT2D eigenvalue weighted by Gasteiger charge is 2.35. The van der Waals surface area contributed by atoms with Crippen molar-refractivity contribution in [1.29, 1.82) is 0 Å². The van der Waals surface area contributed by atoms with Crippen molar-refractivity contribution in [2.24, 2.45) is 5.10 Å². The van der Waals surface area contributed by atoms with Crippen molar-refractivity contribution in [3.63, 3.8) is 0 Å². The van der Waals surface area contributed by atoms with Crippen LogP contribution in [0.5, 0.6) is 5.75 Å². The zero-order chi connectivity index (χ0) is 23.8. The third-order valence-corrected chi connectivity index (χ3v) is 6.44. The molecular formula is C27H21Cl2N3O2. The molecule has 0 fully saturated rings. The number of ether oxygens (including phenoxy) is 1. The summed E-state index contributed by atoms with van der Waals surface area (Å²) in [6.07, 6.45) is 0.513. The van der Waals surface area contributed by atoms with Crippen molar-refractivity contribution in [2.45, 2.75) is 19.4 Å². The minimum atomic E-state index is -0.409. The molecule has 5 rings (SSSR count). The van der Waals surface area contributed by atoms with Gasteiger partial charge in [0.05, 0.1) is 24.4 Å². The first-order valence-electron chi connectivity index (χ1n) is 10.8. The van der Waals surface area contributed by atoms with Gasteiger partial charge in [0, 0.05) is 34.0 Å². The number of hydrogen-bond donors (Lipinski definition) is 0. The number of benzene rings is 3. The molecule has 1 amide bonds. The number of halogens is 2. The maximum atomic E-state index is 13.6. The highest BCUT2D eigenvalue weighted by atomic mass is 35.5. The Balaban J connectivity index is 1.61. The molecule has 0 radical (unpaired) electrons. The smallest absolute Gasteiger partial charge is 0.274 e. The molecule has 2 heterocycles. The summed E-state index contributed by atoms with van der Waals surface area (Å²) in [7, 11) is 1.61. The molecule has 7 heteroatoms. The number of pyridine rings is 1. The van der Waals surface area contributed by atoms with E-state index >= 15 is 0 Å². The summed E-state index contributed by atoms with van der Waals surface area (Å²) in [5.41, 5.74) is 4.83. The van der Waals surface area contributed by atoms with E-state index in [1.54, 1.807) is 31.4 Å². The lowest BCUT2D eigenvalue weighted by Gasteiger charge is -2.23. The van der Waals surface area contributed by atoms with Gasteiger partial charge in [-0.25, -0.2) is 9.99 Å². The predicted octanol–water partition coefficient (Wildman–Crippen LogP) is 6.85. The number of fused-ring (bicyclic) bond motifs is 1. The van der Waals surface area contributed by atoms with E-state index in [4.69, 9.17) is 33.0 Å². The average Bonchev–Trinajstić information content (AvgIpc) is 3.28. The fourth-order valence-electron chi connectivity index (χ4n) is 4.19. The van der Waals surface area contributed by atoms with E-state index in [-0.39, 0.29) is 5.91 Å². The topological polar surface area (TPSA) is 54.8 Å². The van der Waals surface area contributed by atoms with Crippen molar-refractivity contribution < 1.29 is 9.53 Å². The Morgan fingerprint density at radius 2 is 1.85 bits per heavy atom. The molecule has 1 aromatic heterocycles. The standard InChI is InChI=1S/C27H21Cl2N3O2/c1-16-5-3-6-17(11-16)24-15-25(32(31-24)27(33)19-7-4-8-20(28)12-19)22-13-18-9-10-21(34-2)14-23(18)30-26(22)29/h3-14,25H,15H2,1-2H3. The van der Waals surface area contributed by atoms with E-state index in [9.17, 15) is 4.79 Å². The molecule has 0 bridgehead atoms. The van der Waals surface area contributed by atoms with Crippen LogP contribution in [0, 0.1) is 6.92 Å². The molecule has 1 aliphatic rings. The third kappa shape index (κ3) is 4.25. The fraction of sp³-hybridized carbons (Fsp3) is 0.148. The number of nitrogens with zero attached hydrogens (tertiary/aromatic N) is 3. The van der Waals surface area contributed by atoms with E-state index < -0.39 is 6.04 Å². The molecule has 3 aromatic carbocycles. The van der Waals surface area contributed by atoms with Gasteiger partial charge in [0.2, 0.25) is 0 Å². The van der Waals surface area contributed by atoms with Crippen LogP contribution >= 0.6 is 23.2 Å². The SMILES string of the molecule is COc1ccc2cc(C3CC(c4cccc(C)c4)=NN3C(=O)c3cccc(Cl)c3)c(Cl)nc2c1. The summed E-state index contributed by atoms with van der Waals surface area (Å²) in [5.74, 6) is 0.452. The summed E-state index contributed by atoms with van der Waals surface area (Å²) in [5, 5.41) is 7.99. The van der Waals surface area contributed by atoms with E-state index in [0.717, 1.165) is 33.3 Å². The van der Waals surface area contributed by atoms with Gasteiger partial charge >= 0.3 is 0 Å². The number of rotatable bonds is 4. The maximum Gasteiger partial charge on any atom is 0.274 e. The molecule has 4 aromatic rings. The average molecular weight is 490 g/mol. The van der Waals surface area contributed by atoms with E-state index in [1.807, 2.05) is 49.4 Å². The molecule has 0 N–H and O–H groups in total. The first kappa shape index (κ1) is 22.4. The molecule has 5 nitrogen and oxygen atoms in total. The first-order chi connectivity index (χ1) is 16.4. The first-order valence-corrected chi connectivity index (χ1v) is 11.6. The Labute approximate surface area is 207 Å². The summed E-state index contributed by atoms with van der Waals surface area (Å²) in [6.45, 7) is 2.03. The van der Waals surface area contributed by atoms with Crippen LogP contribution in [-0.4, -0.2) is 28.7 Å². The molecule has 170 valence electrons. The molecule has 1 unspecified atom stereocenters. The summed E-state index contributed by atoms with van der Waals surface area (Å²) in [6, 6.07) is 22.2. The van der Waals surface area contributed by atoms with Crippen LogP contribution in [0.25, 0.3) is 10.9 Å². The van der Waals surface area contributed by atoms with Gasteiger partial charge in [0.1, 0.15) is 10.9 Å². The van der Waals surface area contributed by atoms with Gasteiger partial charge in [0.25, 0.3) is 5.91 Å². The van der Waals surface area contributed by atoms with Crippen LogP contribution in [-0.2, 0) is 0 Å². The Kier molecular flexibility index (Phi) is 5.98. The number of hydrazone groups is 1. The monoisotopic (exact) mass is 489 g/mol. The van der Waals surface area contributed by atoms with E-state index in [1.165, 1.54) is 5.01 Å². The Morgan fingerprint density at radius 1 is 1.03 bits per heavy atom. The molecule has 0 saturated heterocycles. The maximum absolute atomic E-state index is 13.6. The quantitative estimate of drug-likeness (QED) is 0.294. The number of carbonyl (C=O) groups is 1. The second-order valence-electron chi connectivity index (χ2n) is 8.22. The number of hydrogen-bond acceptors (Lipinski definition) is 4. The second-order valence-corrected chi connectivity index (χ2v) is 9.02. The number of carbonyl (C=O) groups excluding carboxylic acids is 1. The molecule has 1 atom stereocenters. The van der Waals surface area contributed by atoms with Gasteiger partial charge in [-0.2, -0.15) is 5.10 Å². The van der Waals surface area contributed by atoms with Crippen LogP contribution in [0.4, 0.5) is 0 Å². The van der Waals surface area contributed by atoms with Crippen molar-refractivity contribution in [3.05, 3.63) is 105 Å². The van der Waals surface area contributed by atoms with Crippen LogP contribution in [0.2, 0.25) is 10.2 Å². The highest BCUT2D eigenvalue weighted by Crippen LogP contribution is 2.38. The van der Waals surface area contributed by atoms with Gasteiger partial charge in [-0.3, -0.25) is 4.79 Å². The second kappa shape index (κ2) is 9.09. The summed E-state index contributed by atoms with van der Waals surface area (Å²) >= 11 is 12.8. The lowest BCUT2D eigenvalue weighted by atomic mass is 9.97. The zero-order valence-corrected chi connectivity index (χ0v) is 20.1. The molecule has 0 saturated carbocycles.